The van der Waals surface area contributed by atoms with Crippen LogP contribution in [-0.4, -0.2) is 0 Å². The molecule has 1 aromatic heterocycles. The highest BCUT2D eigenvalue weighted by molar-refractivity contribution is 9.13. The average Bonchev–Trinajstić information content (AvgIpc) is 2.62. The molecule has 0 saturated heterocycles. The minimum absolute atomic E-state index is 0.146. The van der Waals surface area contributed by atoms with Crippen molar-refractivity contribution in [1.29, 1.82) is 0 Å². The van der Waals surface area contributed by atoms with E-state index in [1.165, 1.54) is 23.5 Å². The molecule has 90 valence electrons. The van der Waals surface area contributed by atoms with Gasteiger partial charge < -0.3 is 0 Å². The fourth-order valence-corrected chi connectivity index (χ4v) is 3.81. The Bertz CT molecular complexity index is 537. The van der Waals surface area contributed by atoms with E-state index in [1.54, 1.807) is 6.07 Å². The highest BCUT2D eigenvalue weighted by atomic mass is 79.9. The maximum atomic E-state index is 13.6. The minimum Gasteiger partial charge on any atom is -0.204 e. The monoisotopic (exact) mass is 400 g/mol. The van der Waals surface area contributed by atoms with Gasteiger partial charge >= 0.3 is 0 Å². The van der Waals surface area contributed by atoms with Crippen molar-refractivity contribution in [1.82, 2.24) is 0 Å². The van der Waals surface area contributed by atoms with Crippen LogP contribution in [0.1, 0.15) is 15.8 Å². The maximum Gasteiger partial charge on any atom is 0.163 e. The van der Waals surface area contributed by atoms with E-state index >= 15 is 0 Å². The molecular formula is C11H5Br2ClF2S. The van der Waals surface area contributed by atoms with E-state index in [2.05, 4.69) is 31.9 Å². The van der Waals surface area contributed by atoms with Crippen LogP contribution in [0.15, 0.2) is 32.5 Å². The summed E-state index contributed by atoms with van der Waals surface area (Å²) in [5.41, 5.74) is 0.146. The van der Waals surface area contributed by atoms with Crippen LogP contribution in [0, 0.1) is 11.6 Å². The summed E-state index contributed by atoms with van der Waals surface area (Å²) in [6, 6.07) is 5.79. The van der Waals surface area contributed by atoms with Crippen molar-refractivity contribution >= 4 is 54.8 Å². The van der Waals surface area contributed by atoms with Gasteiger partial charge in [-0.15, -0.1) is 22.9 Å². The second kappa shape index (κ2) is 5.34. The van der Waals surface area contributed by atoms with Crippen molar-refractivity contribution in [3.05, 3.63) is 54.6 Å². The Hall–Kier alpha value is 0.0300. The fraction of sp³-hybridized carbons (Fsp3) is 0.0909. The van der Waals surface area contributed by atoms with Gasteiger partial charge in [0.2, 0.25) is 0 Å². The topological polar surface area (TPSA) is 0 Å². The molecule has 0 nitrogen and oxygen atoms in total. The summed E-state index contributed by atoms with van der Waals surface area (Å²) in [5.74, 6) is -1.78. The Morgan fingerprint density at radius 2 is 1.94 bits per heavy atom. The Labute approximate surface area is 123 Å². The highest BCUT2D eigenvalue weighted by Gasteiger charge is 2.20. The number of thiophene rings is 1. The van der Waals surface area contributed by atoms with Crippen LogP contribution in [0.3, 0.4) is 0 Å². The van der Waals surface area contributed by atoms with Gasteiger partial charge in [-0.3, -0.25) is 0 Å². The Kier molecular flexibility index (Phi) is 4.23. The molecule has 0 amide bonds. The maximum absolute atomic E-state index is 13.6. The first-order chi connectivity index (χ1) is 8.00. The van der Waals surface area contributed by atoms with E-state index in [0.717, 1.165) is 19.2 Å². The van der Waals surface area contributed by atoms with Crippen LogP contribution in [0.4, 0.5) is 8.78 Å². The molecular weight excluding hydrogens is 397 g/mol. The highest BCUT2D eigenvalue weighted by Crippen LogP contribution is 2.41. The first-order valence-electron chi connectivity index (χ1n) is 4.53. The summed E-state index contributed by atoms with van der Waals surface area (Å²) in [6.45, 7) is 0. The van der Waals surface area contributed by atoms with E-state index in [-0.39, 0.29) is 5.56 Å². The summed E-state index contributed by atoms with van der Waals surface area (Å²) in [6.07, 6.45) is 0. The second-order valence-corrected chi connectivity index (χ2v) is 6.97. The molecule has 0 bridgehead atoms. The lowest BCUT2D eigenvalue weighted by Gasteiger charge is -2.08. The molecule has 2 rings (SSSR count). The van der Waals surface area contributed by atoms with Gasteiger partial charge in [-0.2, -0.15) is 0 Å². The van der Waals surface area contributed by atoms with Crippen molar-refractivity contribution in [3.63, 3.8) is 0 Å². The third kappa shape index (κ3) is 2.72. The van der Waals surface area contributed by atoms with Crippen LogP contribution in [0.5, 0.6) is 0 Å². The van der Waals surface area contributed by atoms with Crippen LogP contribution < -0.4 is 0 Å². The molecule has 0 radical (unpaired) electrons. The normalized spacial score (nSPS) is 12.8. The van der Waals surface area contributed by atoms with Gasteiger partial charge in [0.1, 0.15) is 0 Å². The minimum atomic E-state index is -0.895. The zero-order valence-electron chi connectivity index (χ0n) is 8.18. The first kappa shape index (κ1) is 13.5. The van der Waals surface area contributed by atoms with Crippen molar-refractivity contribution in [2.75, 3.05) is 0 Å². The Morgan fingerprint density at radius 1 is 1.24 bits per heavy atom. The molecule has 0 aliphatic carbocycles. The van der Waals surface area contributed by atoms with E-state index < -0.39 is 17.0 Å². The van der Waals surface area contributed by atoms with Gasteiger partial charge in [0.15, 0.2) is 11.6 Å². The van der Waals surface area contributed by atoms with Gasteiger partial charge in [0.25, 0.3) is 0 Å². The first-order valence-corrected chi connectivity index (χ1v) is 7.37. The lowest BCUT2D eigenvalue weighted by atomic mass is 10.1. The van der Waals surface area contributed by atoms with E-state index in [4.69, 9.17) is 11.6 Å². The zero-order chi connectivity index (χ0) is 12.6. The van der Waals surface area contributed by atoms with E-state index in [1.807, 2.05) is 0 Å². The van der Waals surface area contributed by atoms with Gasteiger partial charge in [-0.05, 0) is 44.0 Å². The number of halogens is 5. The molecule has 2 aromatic rings. The Morgan fingerprint density at radius 3 is 2.53 bits per heavy atom. The fourth-order valence-electron chi connectivity index (χ4n) is 1.36. The quantitative estimate of drug-likeness (QED) is 0.551. The molecule has 1 aromatic carbocycles. The number of benzene rings is 1. The number of hydrogen-bond donors (Lipinski definition) is 0. The summed E-state index contributed by atoms with van der Waals surface area (Å²) in [4.78, 5) is 0.745. The van der Waals surface area contributed by atoms with Crippen molar-refractivity contribution in [2.24, 2.45) is 0 Å². The molecule has 0 N–H and O–H groups in total. The molecule has 6 heteroatoms. The van der Waals surface area contributed by atoms with Gasteiger partial charge in [-0.25, -0.2) is 8.78 Å². The number of hydrogen-bond acceptors (Lipinski definition) is 1. The van der Waals surface area contributed by atoms with E-state index in [9.17, 15) is 8.78 Å². The molecule has 0 aliphatic rings. The second-order valence-electron chi connectivity index (χ2n) is 3.28. The number of alkyl halides is 1. The smallest absolute Gasteiger partial charge is 0.163 e. The SMILES string of the molecule is Fc1cccc(C(Cl)c2cc(Br)c(Br)s2)c1F. The molecule has 0 fully saturated rings. The third-order valence-electron chi connectivity index (χ3n) is 2.17. The molecule has 1 unspecified atom stereocenters. The molecule has 17 heavy (non-hydrogen) atoms. The zero-order valence-corrected chi connectivity index (χ0v) is 12.9. The molecule has 1 atom stereocenters. The standard InChI is InChI=1S/C11H5Br2ClF2S/c12-6-4-8(17-11(6)13)9(14)5-2-1-3-7(15)10(5)16/h1-4,9H. The van der Waals surface area contributed by atoms with Crippen LogP contribution in [0.25, 0.3) is 0 Å². The van der Waals surface area contributed by atoms with Crippen LogP contribution >= 0.6 is 54.8 Å². The molecule has 0 spiro atoms. The van der Waals surface area contributed by atoms with Gasteiger partial charge in [0.05, 0.1) is 9.16 Å². The summed E-state index contributed by atoms with van der Waals surface area (Å²) in [5, 5.41) is -0.696. The summed E-state index contributed by atoms with van der Waals surface area (Å²) in [7, 11) is 0. The van der Waals surface area contributed by atoms with E-state index in [0.29, 0.717) is 0 Å². The summed E-state index contributed by atoms with van der Waals surface area (Å²) < 4.78 is 28.4. The average molecular weight is 402 g/mol. The van der Waals surface area contributed by atoms with Crippen molar-refractivity contribution < 1.29 is 8.78 Å². The van der Waals surface area contributed by atoms with Crippen LogP contribution in [-0.2, 0) is 0 Å². The molecule has 0 aliphatic heterocycles. The third-order valence-corrected chi connectivity index (χ3v) is 6.09. The van der Waals surface area contributed by atoms with Crippen LogP contribution in [0.2, 0.25) is 0 Å². The molecule has 0 saturated carbocycles. The Balaban J connectivity index is 2.43. The van der Waals surface area contributed by atoms with Gasteiger partial charge in [-0.1, -0.05) is 12.1 Å². The predicted molar refractivity (Wildman–Crippen MR) is 73.8 cm³/mol. The lowest BCUT2D eigenvalue weighted by Crippen LogP contribution is -1.97. The summed E-state index contributed by atoms with van der Waals surface area (Å²) >= 11 is 14.2. The number of rotatable bonds is 2. The van der Waals surface area contributed by atoms with Crippen molar-refractivity contribution in [2.45, 2.75) is 5.38 Å². The molecule has 1 heterocycles. The lowest BCUT2D eigenvalue weighted by molar-refractivity contribution is 0.500. The van der Waals surface area contributed by atoms with Crippen molar-refractivity contribution in [3.8, 4) is 0 Å². The largest absolute Gasteiger partial charge is 0.204 e. The predicted octanol–water partition coefficient (Wildman–Crippen LogP) is 5.88. The van der Waals surface area contributed by atoms with Gasteiger partial charge in [0, 0.05) is 14.9 Å².